The molecule has 0 radical (unpaired) electrons. The average molecular weight is 276 g/mol. The first-order valence-corrected chi connectivity index (χ1v) is 6.52. The topological polar surface area (TPSA) is 50.9 Å². The van der Waals surface area contributed by atoms with Crippen LogP contribution in [-0.2, 0) is 5.41 Å². The van der Waals surface area contributed by atoms with E-state index in [1.165, 1.54) is 5.56 Å². The number of hydrogen-bond acceptors (Lipinski definition) is 3. The van der Waals surface area contributed by atoms with Gasteiger partial charge in [0.2, 0.25) is 0 Å². The van der Waals surface area contributed by atoms with Crippen molar-refractivity contribution >= 4 is 28.8 Å². The van der Waals surface area contributed by atoms with Crippen molar-refractivity contribution in [1.82, 2.24) is 4.98 Å². The first-order chi connectivity index (χ1) is 8.86. The van der Waals surface area contributed by atoms with Gasteiger partial charge in [-0.2, -0.15) is 0 Å². The first-order valence-electron chi connectivity index (χ1n) is 6.15. The predicted molar refractivity (Wildman–Crippen MR) is 82.1 cm³/mol. The van der Waals surface area contributed by atoms with Gasteiger partial charge in [0, 0.05) is 11.9 Å². The maximum Gasteiger partial charge on any atom is 0.130 e. The molecule has 2 rings (SSSR count). The molecule has 19 heavy (non-hydrogen) atoms. The van der Waals surface area contributed by atoms with Crippen LogP contribution in [0.2, 0.25) is 5.02 Å². The van der Waals surface area contributed by atoms with Crippen molar-refractivity contribution in [3.05, 3.63) is 47.1 Å². The molecule has 1 heterocycles. The molecule has 0 aliphatic rings. The Morgan fingerprint density at radius 1 is 1.16 bits per heavy atom. The lowest BCUT2D eigenvalue weighted by molar-refractivity contribution is 0.587. The molecule has 1 aromatic carbocycles. The summed E-state index contributed by atoms with van der Waals surface area (Å²) in [5, 5.41) is 3.79. The zero-order valence-corrected chi connectivity index (χ0v) is 12.1. The van der Waals surface area contributed by atoms with E-state index in [4.69, 9.17) is 17.3 Å². The predicted octanol–water partition coefficient (Wildman–Crippen LogP) is 4.36. The van der Waals surface area contributed by atoms with Gasteiger partial charge in [-0.3, -0.25) is 0 Å². The lowest BCUT2D eigenvalue weighted by Gasteiger charge is -2.18. The van der Waals surface area contributed by atoms with E-state index in [1.54, 1.807) is 18.2 Å². The molecule has 0 aliphatic carbocycles. The van der Waals surface area contributed by atoms with Crippen LogP contribution in [0.3, 0.4) is 0 Å². The Kier molecular flexibility index (Phi) is 3.67. The minimum Gasteiger partial charge on any atom is -0.399 e. The summed E-state index contributed by atoms with van der Waals surface area (Å²) in [6, 6.07) is 9.34. The highest BCUT2D eigenvalue weighted by Gasteiger charge is 2.13. The summed E-state index contributed by atoms with van der Waals surface area (Å²) in [5.74, 6) is 0.750. The molecule has 0 fully saturated rings. The van der Waals surface area contributed by atoms with Crippen LogP contribution in [0, 0.1) is 0 Å². The van der Waals surface area contributed by atoms with Gasteiger partial charge in [0.15, 0.2) is 0 Å². The monoisotopic (exact) mass is 275 g/mol. The Morgan fingerprint density at radius 2 is 1.89 bits per heavy atom. The first kappa shape index (κ1) is 13.7. The molecule has 0 aliphatic heterocycles. The third-order valence-corrected chi connectivity index (χ3v) is 3.21. The van der Waals surface area contributed by atoms with Gasteiger partial charge in [0.25, 0.3) is 0 Å². The largest absolute Gasteiger partial charge is 0.399 e. The van der Waals surface area contributed by atoms with Crippen LogP contribution in [0.4, 0.5) is 17.2 Å². The quantitative estimate of drug-likeness (QED) is 0.801. The van der Waals surface area contributed by atoms with E-state index >= 15 is 0 Å². The van der Waals surface area contributed by atoms with Gasteiger partial charge in [-0.25, -0.2) is 4.98 Å². The number of anilines is 3. The SMILES string of the molecule is CC(C)(C)c1ccc(Nc2cc(N)ccc2Cl)nc1. The second-order valence-electron chi connectivity index (χ2n) is 5.55. The molecule has 0 spiro atoms. The Bertz CT molecular complexity index is 571. The fraction of sp³-hybridized carbons (Fsp3) is 0.267. The van der Waals surface area contributed by atoms with E-state index in [9.17, 15) is 0 Å². The minimum atomic E-state index is 0.0976. The van der Waals surface area contributed by atoms with Crippen molar-refractivity contribution in [3.63, 3.8) is 0 Å². The van der Waals surface area contributed by atoms with Gasteiger partial charge in [-0.15, -0.1) is 0 Å². The zero-order valence-electron chi connectivity index (χ0n) is 11.4. The normalized spacial score (nSPS) is 11.4. The molecule has 100 valence electrons. The highest BCUT2D eigenvalue weighted by molar-refractivity contribution is 6.33. The van der Waals surface area contributed by atoms with Crippen LogP contribution in [0.25, 0.3) is 0 Å². The number of benzene rings is 1. The zero-order chi connectivity index (χ0) is 14.0. The van der Waals surface area contributed by atoms with Crippen molar-refractivity contribution in [1.29, 1.82) is 0 Å². The summed E-state index contributed by atoms with van der Waals surface area (Å²) in [4.78, 5) is 4.40. The number of nitrogen functional groups attached to an aromatic ring is 1. The second kappa shape index (κ2) is 5.10. The summed E-state index contributed by atoms with van der Waals surface area (Å²) in [6.07, 6.45) is 1.88. The molecule has 0 bridgehead atoms. The molecular weight excluding hydrogens is 258 g/mol. The number of aromatic nitrogens is 1. The van der Waals surface area contributed by atoms with Crippen LogP contribution in [0.5, 0.6) is 0 Å². The van der Waals surface area contributed by atoms with E-state index in [0.717, 1.165) is 11.5 Å². The molecule has 3 nitrogen and oxygen atoms in total. The summed E-state index contributed by atoms with van der Waals surface area (Å²) < 4.78 is 0. The molecule has 4 heteroatoms. The van der Waals surface area contributed by atoms with Gasteiger partial charge in [-0.1, -0.05) is 38.4 Å². The van der Waals surface area contributed by atoms with Crippen LogP contribution in [0.1, 0.15) is 26.3 Å². The fourth-order valence-electron chi connectivity index (χ4n) is 1.69. The third-order valence-electron chi connectivity index (χ3n) is 2.88. The molecule has 0 amide bonds. The Balaban J connectivity index is 2.22. The van der Waals surface area contributed by atoms with Crippen molar-refractivity contribution < 1.29 is 0 Å². The minimum absolute atomic E-state index is 0.0976. The molecule has 0 saturated heterocycles. The molecule has 2 aromatic rings. The van der Waals surface area contributed by atoms with Crippen LogP contribution in [-0.4, -0.2) is 4.98 Å². The number of halogens is 1. The Morgan fingerprint density at radius 3 is 2.47 bits per heavy atom. The Labute approximate surface area is 118 Å². The molecule has 0 unspecified atom stereocenters. The van der Waals surface area contributed by atoms with Gasteiger partial charge in [0.05, 0.1) is 10.7 Å². The summed E-state index contributed by atoms with van der Waals surface area (Å²) in [6.45, 7) is 6.48. The highest BCUT2D eigenvalue weighted by Crippen LogP contribution is 2.28. The molecule has 1 aromatic heterocycles. The standard InChI is InChI=1S/C15H18ClN3/c1-15(2,3)10-4-7-14(18-9-10)19-13-8-11(17)5-6-12(13)16/h4-9H,17H2,1-3H3,(H,18,19). The average Bonchev–Trinajstić information content (AvgIpc) is 2.33. The number of nitrogens with zero attached hydrogens (tertiary/aromatic N) is 1. The summed E-state index contributed by atoms with van der Waals surface area (Å²) >= 11 is 6.10. The Hall–Kier alpha value is -1.74. The van der Waals surface area contributed by atoms with Gasteiger partial charge in [-0.05, 0) is 35.2 Å². The molecule has 0 saturated carbocycles. The summed E-state index contributed by atoms with van der Waals surface area (Å²) in [7, 11) is 0. The molecule has 0 atom stereocenters. The fourth-order valence-corrected chi connectivity index (χ4v) is 1.85. The lowest BCUT2D eigenvalue weighted by Crippen LogP contribution is -2.11. The second-order valence-corrected chi connectivity index (χ2v) is 5.95. The number of rotatable bonds is 2. The van der Waals surface area contributed by atoms with Crippen LogP contribution in [0.15, 0.2) is 36.5 Å². The van der Waals surface area contributed by atoms with E-state index < -0.39 is 0 Å². The number of hydrogen-bond donors (Lipinski definition) is 2. The lowest BCUT2D eigenvalue weighted by atomic mass is 9.88. The van der Waals surface area contributed by atoms with E-state index in [2.05, 4.69) is 37.1 Å². The van der Waals surface area contributed by atoms with Crippen molar-refractivity contribution in [3.8, 4) is 0 Å². The van der Waals surface area contributed by atoms with Crippen molar-refractivity contribution in [2.24, 2.45) is 0 Å². The van der Waals surface area contributed by atoms with E-state index in [-0.39, 0.29) is 5.41 Å². The number of pyridine rings is 1. The molecule has 3 N–H and O–H groups in total. The van der Waals surface area contributed by atoms with Crippen molar-refractivity contribution in [2.45, 2.75) is 26.2 Å². The third kappa shape index (κ3) is 3.38. The highest BCUT2D eigenvalue weighted by atomic mass is 35.5. The molecular formula is C15H18ClN3. The van der Waals surface area contributed by atoms with E-state index in [0.29, 0.717) is 10.7 Å². The number of nitrogens with one attached hydrogen (secondary N) is 1. The van der Waals surface area contributed by atoms with Gasteiger partial charge in [0.1, 0.15) is 5.82 Å². The summed E-state index contributed by atoms with van der Waals surface area (Å²) in [5.41, 5.74) is 8.46. The maximum absolute atomic E-state index is 6.10. The number of nitrogens with two attached hydrogens (primary N) is 1. The van der Waals surface area contributed by atoms with Gasteiger partial charge >= 0.3 is 0 Å². The van der Waals surface area contributed by atoms with E-state index in [1.807, 2.05) is 12.3 Å². The maximum atomic E-state index is 6.10. The van der Waals surface area contributed by atoms with Crippen LogP contribution >= 0.6 is 11.6 Å². The van der Waals surface area contributed by atoms with Gasteiger partial charge < -0.3 is 11.1 Å². The van der Waals surface area contributed by atoms with Crippen molar-refractivity contribution in [2.75, 3.05) is 11.1 Å². The smallest absolute Gasteiger partial charge is 0.130 e. The van der Waals surface area contributed by atoms with Crippen LogP contribution < -0.4 is 11.1 Å².